The summed E-state index contributed by atoms with van der Waals surface area (Å²) in [6, 6.07) is 9.45. The van der Waals surface area contributed by atoms with E-state index in [-0.39, 0.29) is 17.5 Å². The summed E-state index contributed by atoms with van der Waals surface area (Å²) >= 11 is 1.36. The zero-order valence-electron chi connectivity index (χ0n) is 13.0. The van der Waals surface area contributed by atoms with Crippen LogP contribution >= 0.6 is 11.3 Å². The van der Waals surface area contributed by atoms with Crippen LogP contribution in [0.5, 0.6) is 0 Å². The van der Waals surface area contributed by atoms with E-state index in [0.29, 0.717) is 10.8 Å². The first-order valence-electron chi connectivity index (χ1n) is 7.18. The van der Waals surface area contributed by atoms with Gasteiger partial charge in [-0.15, -0.1) is 15.3 Å². The standard InChI is InChI=1S/C15H16N6OS/c1-9(2)14-17-18-15(23-14)16-13(22)12-10(3)19-21(20-12)11-7-5-4-6-8-11/h4-9H,1-3H3,(H,16,18,22). The van der Waals surface area contributed by atoms with Crippen LogP contribution in [-0.4, -0.2) is 31.1 Å². The van der Waals surface area contributed by atoms with Crippen molar-refractivity contribution in [1.82, 2.24) is 25.2 Å². The zero-order chi connectivity index (χ0) is 16.4. The Morgan fingerprint density at radius 2 is 1.91 bits per heavy atom. The molecule has 0 saturated heterocycles. The highest BCUT2D eigenvalue weighted by Crippen LogP contribution is 2.22. The fraction of sp³-hybridized carbons (Fsp3) is 0.267. The zero-order valence-corrected chi connectivity index (χ0v) is 13.8. The number of rotatable bonds is 4. The van der Waals surface area contributed by atoms with E-state index in [2.05, 4.69) is 25.7 Å². The first kappa shape index (κ1) is 15.3. The van der Waals surface area contributed by atoms with Gasteiger partial charge in [0.15, 0.2) is 5.69 Å². The Bertz CT molecular complexity index is 824. The molecule has 0 saturated carbocycles. The predicted molar refractivity (Wildman–Crippen MR) is 88.0 cm³/mol. The lowest BCUT2D eigenvalue weighted by Gasteiger charge is -1.98. The summed E-state index contributed by atoms with van der Waals surface area (Å²) in [5.41, 5.74) is 1.63. The molecule has 3 aromatic rings. The van der Waals surface area contributed by atoms with Crippen LogP contribution in [0.2, 0.25) is 0 Å². The van der Waals surface area contributed by atoms with Crippen LogP contribution in [0, 0.1) is 6.92 Å². The third-order valence-corrected chi connectivity index (χ3v) is 4.28. The highest BCUT2D eigenvalue weighted by molar-refractivity contribution is 7.15. The second-order valence-corrected chi connectivity index (χ2v) is 6.32. The molecule has 0 aliphatic carbocycles. The van der Waals surface area contributed by atoms with Crippen LogP contribution < -0.4 is 5.32 Å². The van der Waals surface area contributed by atoms with E-state index in [1.54, 1.807) is 6.92 Å². The fourth-order valence-corrected chi connectivity index (χ4v) is 2.68. The van der Waals surface area contributed by atoms with Crippen LogP contribution in [-0.2, 0) is 0 Å². The third-order valence-electron chi connectivity index (χ3n) is 3.14. The molecular weight excluding hydrogens is 312 g/mol. The predicted octanol–water partition coefficient (Wildman–Crippen LogP) is 2.80. The van der Waals surface area contributed by atoms with E-state index < -0.39 is 0 Å². The van der Waals surface area contributed by atoms with Gasteiger partial charge in [-0.05, 0) is 19.1 Å². The molecule has 0 aliphatic heterocycles. The number of carbonyl (C=O) groups excluding carboxylic acids is 1. The quantitative estimate of drug-likeness (QED) is 0.796. The van der Waals surface area contributed by atoms with Crippen molar-refractivity contribution in [3.05, 3.63) is 46.7 Å². The summed E-state index contributed by atoms with van der Waals surface area (Å²) in [5.74, 6) is -0.0602. The van der Waals surface area contributed by atoms with Crippen molar-refractivity contribution >= 4 is 22.4 Å². The molecule has 0 aliphatic rings. The van der Waals surface area contributed by atoms with Crippen LogP contribution in [0.3, 0.4) is 0 Å². The van der Waals surface area contributed by atoms with E-state index in [1.165, 1.54) is 16.1 Å². The molecule has 1 N–H and O–H groups in total. The highest BCUT2D eigenvalue weighted by Gasteiger charge is 2.18. The Kier molecular flexibility index (Phi) is 4.16. The molecule has 1 aromatic carbocycles. The van der Waals surface area contributed by atoms with Crippen LogP contribution in [0.4, 0.5) is 5.13 Å². The summed E-state index contributed by atoms with van der Waals surface area (Å²) in [7, 11) is 0. The van der Waals surface area contributed by atoms with E-state index >= 15 is 0 Å². The lowest BCUT2D eigenvalue weighted by atomic mass is 10.2. The Balaban J connectivity index is 1.81. The maximum absolute atomic E-state index is 12.4. The number of nitrogens with one attached hydrogen (secondary N) is 1. The van der Waals surface area contributed by atoms with Crippen molar-refractivity contribution in [3.8, 4) is 5.69 Å². The average Bonchev–Trinajstić information content (AvgIpc) is 3.15. The van der Waals surface area contributed by atoms with Gasteiger partial charge >= 0.3 is 0 Å². The number of aromatic nitrogens is 5. The number of hydrogen-bond donors (Lipinski definition) is 1. The molecule has 3 rings (SSSR count). The lowest BCUT2D eigenvalue weighted by molar-refractivity contribution is 0.102. The van der Waals surface area contributed by atoms with Crippen LogP contribution in [0.15, 0.2) is 30.3 Å². The maximum Gasteiger partial charge on any atom is 0.279 e. The molecule has 2 heterocycles. The van der Waals surface area contributed by atoms with E-state index in [0.717, 1.165) is 10.7 Å². The largest absolute Gasteiger partial charge is 0.295 e. The van der Waals surface area contributed by atoms with Gasteiger partial charge in [0.1, 0.15) is 5.01 Å². The Labute approximate surface area is 137 Å². The number of benzene rings is 1. The molecule has 0 atom stereocenters. The normalized spacial score (nSPS) is 11.0. The third kappa shape index (κ3) is 3.26. The first-order chi connectivity index (χ1) is 11.0. The van der Waals surface area contributed by atoms with Gasteiger partial charge in [-0.3, -0.25) is 10.1 Å². The fourth-order valence-electron chi connectivity index (χ4n) is 1.94. The van der Waals surface area contributed by atoms with Gasteiger partial charge in [0.05, 0.1) is 11.4 Å². The molecule has 0 bridgehead atoms. The number of nitrogens with zero attached hydrogens (tertiary/aromatic N) is 5. The van der Waals surface area contributed by atoms with Gasteiger partial charge in [-0.1, -0.05) is 43.4 Å². The SMILES string of the molecule is Cc1nn(-c2ccccc2)nc1C(=O)Nc1nnc(C(C)C)s1. The molecule has 0 unspecified atom stereocenters. The molecule has 0 radical (unpaired) electrons. The Morgan fingerprint density at radius 1 is 1.17 bits per heavy atom. The molecular formula is C15H16N6OS. The minimum atomic E-state index is -0.337. The number of hydrogen-bond acceptors (Lipinski definition) is 6. The highest BCUT2D eigenvalue weighted by atomic mass is 32.1. The molecule has 8 heteroatoms. The van der Waals surface area contributed by atoms with Crippen molar-refractivity contribution in [2.75, 3.05) is 5.32 Å². The Morgan fingerprint density at radius 3 is 2.57 bits per heavy atom. The van der Waals surface area contributed by atoms with Crippen LogP contribution in [0.1, 0.15) is 41.0 Å². The number of aryl methyl sites for hydroxylation is 1. The molecule has 7 nitrogen and oxygen atoms in total. The smallest absolute Gasteiger partial charge is 0.279 e. The lowest BCUT2D eigenvalue weighted by Crippen LogP contribution is -2.14. The second kappa shape index (κ2) is 6.25. The van der Waals surface area contributed by atoms with Gasteiger partial charge in [0.2, 0.25) is 5.13 Å². The van der Waals surface area contributed by atoms with Crippen molar-refractivity contribution in [1.29, 1.82) is 0 Å². The van der Waals surface area contributed by atoms with Gasteiger partial charge in [-0.2, -0.15) is 9.90 Å². The maximum atomic E-state index is 12.4. The number of carbonyl (C=O) groups is 1. The van der Waals surface area contributed by atoms with Crippen molar-refractivity contribution in [2.45, 2.75) is 26.7 Å². The minimum Gasteiger partial charge on any atom is -0.295 e. The summed E-state index contributed by atoms with van der Waals surface area (Å²) in [6.45, 7) is 5.81. The van der Waals surface area contributed by atoms with E-state index in [1.807, 2.05) is 44.2 Å². The summed E-state index contributed by atoms with van der Waals surface area (Å²) in [4.78, 5) is 13.8. The van der Waals surface area contributed by atoms with Crippen molar-refractivity contribution in [2.24, 2.45) is 0 Å². The van der Waals surface area contributed by atoms with E-state index in [9.17, 15) is 4.79 Å². The first-order valence-corrected chi connectivity index (χ1v) is 8.00. The summed E-state index contributed by atoms with van der Waals surface area (Å²) in [6.07, 6.45) is 0. The minimum absolute atomic E-state index is 0.273. The van der Waals surface area contributed by atoms with Gasteiger partial charge < -0.3 is 0 Å². The monoisotopic (exact) mass is 328 g/mol. The second-order valence-electron chi connectivity index (χ2n) is 5.31. The van der Waals surface area contributed by atoms with Crippen LogP contribution in [0.25, 0.3) is 5.69 Å². The van der Waals surface area contributed by atoms with Crippen molar-refractivity contribution < 1.29 is 4.79 Å². The molecule has 1 amide bonds. The van der Waals surface area contributed by atoms with E-state index in [4.69, 9.17) is 0 Å². The number of amides is 1. The molecule has 2 aromatic heterocycles. The van der Waals surface area contributed by atoms with Gasteiger partial charge in [0.25, 0.3) is 5.91 Å². The summed E-state index contributed by atoms with van der Waals surface area (Å²) < 4.78 is 0. The van der Waals surface area contributed by atoms with Crippen molar-refractivity contribution in [3.63, 3.8) is 0 Å². The topological polar surface area (TPSA) is 85.6 Å². The molecule has 0 fully saturated rings. The Hall–Kier alpha value is -2.61. The molecule has 0 spiro atoms. The number of para-hydroxylation sites is 1. The van der Waals surface area contributed by atoms with Gasteiger partial charge in [0, 0.05) is 5.92 Å². The molecule has 118 valence electrons. The number of anilines is 1. The average molecular weight is 328 g/mol. The summed E-state index contributed by atoms with van der Waals surface area (Å²) in [5, 5.41) is 20.7. The molecule has 23 heavy (non-hydrogen) atoms. The van der Waals surface area contributed by atoms with Gasteiger partial charge in [-0.25, -0.2) is 0 Å².